The van der Waals surface area contributed by atoms with Crippen molar-refractivity contribution < 1.29 is 19.0 Å². The van der Waals surface area contributed by atoms with Crippen LogP contribution in [0.3, 0.4) is 0 Å². The summed E-state index contributed by atoms with van der Waals surface area (Å²) in [6.45, 7) is 7.58. The van der Waals surface area contributed by atoms with Crippen LogP contribution in [0.15, 0.2) is 29.1 Å². The van der Waals surface area contributed by atoms with Crippen molar-refractivity contribution in [2.45, 2.75) is 33.8 Å². The van der Waals surface area contributed by atoms with Crippen LogP contribution in [-0.4, -0.2) is 29.2 Å². The Labute approximate surface area is 166 Å². The SMILES string of the molecule is CCOc1ccccc1OCC(=O)O[C@@H](C)c1nc2sc(C)c(C)c2c(=O)[nH]1. The van der Waals surface area contributed by atoms with Gasteiger partial charge in [0.2, 0.25) is 0 Å². The molecular formula is C20H22N2O5S. The summed E-state index contributed by atoms with van der Waals surface area (Å²) in [5.74, 6) is 0.763. The number of thiophene rings is 1. The van der Waals surface area contributed by atoms with Gasteiger partial charge in [0, 0.05) is 4.88 Å². The number of aryl methyl sites for hydroxylation is 2. The van der Waals surface area contributed by atoms with E-state index in [0.29, 0.717) is 34.1 Å². The Morgan fingerprint density at radius 2 is 1.89 bits per heavy atom. The van der Waals surface area contributed by atoms with Crippen LogP contribution in [0.2, 0.25) is 0 Å². The number of esters is 1. The molecule has 1 aromatic carbocycles. The van der Waals surface area contributed by atoms with Crippen LogP contribution in [0.1, 0.15) is 36.2 Å². The molecule has 3 rings (SSSR count). The zero-order valence-corrected chi connectivity index (χ0v) is 17.0. The van der Waals surface area contributed by atoms with Gasteiger partial charge < -0.3 is 19.2 Å². The maximum absolute atomic E-state index is 12.4. The highest BCUT2D eigenvalue weighted by Gasteiger charge is 2.18. The van der Waals surface area contributed by atoms with Gasteiger partial charge in [0.05, 0.1) is 12.0 Å². The smallest absolute Gasteiger partial charge is 0.344 e. The van der Waals surface area contributed by atoms with Crippen molar-refractivity contribution in [2.75, 3.05) is 13.2 Å². The fourth-order valence-electron chi connectivity index (χ4n) is 2.73. The molecule has 0 fully saturated rings. The molecule has 0 unspecified atom stereocenters. The molecule has 2 aromatic heterocycles. The first kappa shape index (κ1) is 19.9. The molecule has 2 heterocycles. The predicted octanol–water partition coefficient (Wildman–Crippen LogP) is 3.68. The topological polar surface area (TPSA) is 90.5 Å². The maximum atomic E-state index is 12.4. The van der Waals surface area contributed by atoms with Gasteiger partial charge in [-0.15, -0.1) is 11.3 Å². The van der Waals surface area contributed by atoms with E-state index in [1.54, 1.807) is 25.1 Å². The summed E-state index contributed by atoms with van der Waals surface area (Å²) in [5.41, 5.74) is 0.693. The minimum Gasteiger partial charge on any atom is -0.490 e. The highest BCUT2D eigenvalue weighted by atomic mass is 32.1. The van der Waals surface area contributed by atoms with Gasteiger partial charge in [-0.3, -0.25) is 4.79 Å². The highest BCUT2D eigenvalue weighted by molar-refractivity contribution is 7.18. The standard InChI is InChI=1S/C20H22N2O5S/c1-5-25-14-8-6-7-9-15(14)26-10-16(23)27-12(3)18-21-19(24)17-11(2)13(4)28-20(17)22-18/h6-9,12H,5,10H2,1-4H3,(H,21,22,24)/t12-/m0/s1. The third-order valence-electron chi connectivity index (χ3n) is 4.25. The zero-order chi connectivity index (χ0) is 20.3. The van der Waals surface area contributed by atoms with Crippen molar-refractivity contribution in [2.24, 2.45) is 0 Å². The first-order chi connectivity index (χ1) is 13.4. The van der Waals surface area contributed by atoms with E-state index in [1.807, 2.05) is 26.8 Å². The zero-order valence-electron chi connectivity index (χ0n) is 16.2. The molecule has 0 amide bonds. The summed E-state index contributed by atoms with van der Waals surface area (Å²) < 4.78 is 16.3. The van der Waals surface area contributed by atoms with Crippen LogP contribution >= 0.6 is 11.3 Å². The number of benzene rings is 1. The maximum Gasteiger partial charge on any atom is 0.344 e. The number of hydrogen-bond acceptors (Lipinski definition) is 7. The lowest BCUT2D eigenvalue weighted by molar-refractivity contribution is -0.151. The van der Waals surface area contributed by atoms with Gasteiger partial charge in [-0.05, 0) is 45.4 Å². The number of rotatable bonds is 7. The molecule has 7 nitrogen and oxygen atoms in total. The summed E-state index contributed by atoms with van der Waals surface area (Å²) in [5, 5.41) is 0.584. The van der Waals surface area contributed by atoms with E-state index in [2.05, 4.69) is 9.97 Å². The average Bonchev–Trinajstić information content (AvgIpc) is 2.95. The van der Waals surface area contributed by atoms with Crippen molar-refractivity contribution in [3.05, 3.63) is 50.9 Å². The number of para-hydroxylation sites is 2. The molecule has 0 spiro atoms. The van der Waals surface area contributed by atoms with E-state index in [4.69, 9.17) is 14.2 Å². The lowest BCUT2D eigenvalue weighted by Gasteiger charge is -2.14. The molecule has 0 aliphatic heterocycles. The minimum atomic E-state index is -0.710. The van der Waals surface area contributed by atoms with Crippen molar-refractivity contribution >= 4 is 27.5 Å². The highest BCUT2D eigenvalue weighted by Crippen LogP contribution is 2.28. The van der Waals surface area contributed by atoms with Gasteiger partial charge in [-0.2, -0.15) is 0 Å². The van der Waals surface area contributed by atoms with E-state index in [0.717, 1.165) is 10.4 Å². The molecule has 3 aromatic rings. The van der Waals surface area contributed by atoms with Crippen LogP contribution in [0.25, 0.3) is 10.2 Å². The molecule has 8 heteroatoms. The molecule has 0 radical (unpaired) electrons. The van der Waals surface area contributed by atoms with Crippen LogP contribution in [0.4, 0.5) is 0 Å². The van der Waals surface area contributed by atoms with Crippen LogP contribution in [-0.2, 0) is 9.53 Å². The van der Waals surface area contributed by atoms with Gasteiger partial charge in [0.1, 0.15) is 4.83 Å². The van der Waals surface area contributed by atoms with E-state index >= 15 is 0 Å². The van der Waals surface area contributed by atoms with E-state index in [-0.39, 0.29) is 12.2 Å². The quantitative estimate of drug-likeness (QED) is 0.606. The number of nitrogens with one attached hydrogen (secondary N) is 1. The molecule has 0 aliphatic rings. The Morgan fingerprint density at radius 1 is 1.21 bits per heavy atom. The summed E-state index contributed by atoms with van der Waals surface area (Å²) in [4.78, 5) is 33.4. The Morgan fingerprint density at radius 3 is 2.57 bits per heavy atom. The van der Waals surface area contributed by atoms with E-state index < -0.39 is 12.1 Å². The average molecular weight is 402 g/mol. The van der Waals surface area contributed by atoms with Gasteiger partial charge in [0.15, 0.2) is 30.0 Å². The van der Waals surface area contributed by atoms with Crippen molar-refractivity contribution in [3.8, 4) is 11.5 Å². The van der Waals surface area contributed by atoms with Crippen molar-refractivity contribution in [3.63, 3.8) is 0 Å². The normalized spacial score (nSPS) is 12.0. The van der Waals surface area contributed by atoms with Crippen LogP contribution in [0.5, 0.6) is 11.5 Å². The van der Waals surface area contributed by atoms with Crippen LogP contribution < -0.4 is 15.0 Å². The van der Waals surface area contributed by atoms with Gasteiger partial charge >= 0.3 is 5.97 Å². The second-order valence-corrected chi connectivity index (χ2v) is 7.42. The van der Waals surface area contributed by atoms with Crippen LogP contribution in [0, 0.1) is 13.8 Å². The summed E-state index contributed by atoms with van der Waals surface area (Å²) >= 11 is 1.45. The first-order valence-corrected chi connectivity index (χ1v) is 9.76. The second-order valence-electron chi connectivity index (χ2n) is 6.22. The lowest BCUT2D eigenvalue weighted by atomic mass is 10.2. The summed E-state index contributed by atoms with van der Waals surface area (Å²) in [6, 6.07) is 7.10. The monoisotopic (exact) mass is 402 g/mol. The fourth-order valence-corrected chi connectivity index (χ4v) is 3.77. The minimum absolute atomic E-state index is 0.230. The third-order valence-corrected chi connectivity index (χ3v) is 5.35. The third kappa shape index (κ3) is 4.17. The molecule has 28 heavy (non-hydrogen) atoms. The van der Waals surface area contributed by atoms with Gasteiger partial charge in [-0.25, -0.2) is 9.78 Å². The van der Waals surface area contributed by atoms with E-state index in [1.165, 1.54) is 11.3 Å². The molecular weight excluding hydrogens is 380 g/mol. The van der Waals surface area contributed by atoms with Gasteiger partial charge in [-0.1, -0.05) is 12.1 Å². The fraction of sp³-hybridized carbons (Fsp3) is 0.350. The number of H-pyrrole nitrogens is 1. The number of carbonyl (C=O) groups is 1. The van der Waals surface area contributed by atoms with Crippen molar-refractivity contribution in [1.29, 1.82) is 0 Å². The number of carbonyl (C=O) groups excluding carboxylic acids is 1. The van der Waals surface area contributed by atoms with E-state index in [9.17, 15) is 9.59 Å². The molecule has 0 bridgehead atoms. The second kappa shape index (κ2) is 8.43. The Bertz CT molecular complexity index is 1060. The lowest BCUT2D eigenvalue weighted by Crippen LogP contribution is -2.20. The predicted molar refractivity (Wildman–Crippen MR) is 107 cm³/mol. The Kier molecular flexibility index (Phi) is 5.99. The molecule has 0 saturated carbocycles. The number of fused-ring (bicyclic) bond motifs is 1. The number of ether oxygens (including phenoxy) is 3. The Hall–Kier alpha value is -2.87. The van der Waals surface area contributed by atoms with Crippen molar-refractivity contribution in [1.82, 2.24) is 9.97 Å². The molecule has 1 atom stereocenters. The molecule has 148 valence electrons. The summed E-state index contributed by atoms with van der Waals surface area (Å²) in [6.07, 6.45) is -0.710. The number of aromatic nitrogens is 2. The number of nitrogens with zero attached hydrogens (tertiary/aromatic N) is 1. The number of aromatic amines is 1. The first-order valence-electron chi connectivity index (χ1n) is 8.94. The Balaban J connectivity index is 1.68. The largest absolute Gasteiger partial charge is 0.490 e. The van der Waals surface area contributed by atoms with Gasteiger partial charge in [0.25, 0.3) is 5.56 Å². The summed E-state index contributed by atoms with van der Waals surface area (Å²) in [7, 11) is 0. The molecule has 0 aliphatic carbocycles. The number of hydrogen-bond donors (Lipinski definition) is 1. The molecule has 1 N–H and O–H groups in total. The molecule has 0 saturated heterocycles.